The molecule has 6 nitrogen and oxygen atoms in total. The molecule has 0 aliphatic rings. The molecular formula is C58H106O6. The maximum atomic E-state index is 12.8. The molecule has 6 heteroatoms. The molecule has 0 fully saturated rings. The second-order valence-corrected chi connectivity index (χ2v) is 18.8. The van der Waals surface area contributed by atoms with Gasteiger partial charge in [0.05, 0.1) is 0 Å². The molecule has 1 unspecified atom stereocenters. The summed E-state index contributed by atoms with van der Waals surface area (Å²) in [6.45, 7) is 6.53. The molecule has 0 aromatic heterocycles. The van der Waals surface area contributed by atoms with Crippen molar-refractivity contribution in [1.82, 2.24) is 0 Å². The highest BCUT2D eigenvalue weighted by Gasteiger charge is 2.19. The Hall–Kier alpha value is -2.37. The van der Waals surface area contributed by atoms with Crippen LogP contribution in [0, 0.1) is 0 Å². The van der Waals surface area contributed by atoms with Gasteiger partial charge >= 0.3 is 17.9 Å². The van der Waals surface area contributed by atoms with Crippen LogP contribution in [0.3, 0.4) is 0 Å². The van der Waals surface area contributed by atoms with Gasteiger partial charge in [-0.2, -0.15) is 0 Å². The lowest BCUT2D eigenvalue weighted by atomic mass is 10.0. The highest BCUT2D eigenvalue weighted by molar-refractivity contribution is 5.71. The normalized spacial score (nSPS) is 12.2. The number of unbranched alkanes of at least 4 members (excludes halogenated alkanes) is 34. The van der Waals surface area contributed by atoms with Crippen LogP contribution >= 0.6 is 0 Å². The fourth-order valence-electron chi connectivity index (χ4n) is 8.22. The summed E-state index contributed by atoms with van der Waals surface area (Å²) >= 11 is 0. The Labute approximate surface area is 397 Å². The number of esters is 3. The molecule has 0 saturated heterocycles. The van der Waals surface area contributed by atoms with E-state index in [0.717, 1.165) is 96.3 Å². The van der Waals surface area contributed by atoms with Crippen LogP contribution < -0.4 is 0 Å². The smallest absolute Gasteiger partial charge is 0.306 e. The summed E-state index contributed by atoms with van der Waals surface area (Å²) in [5, 5.41) is 0. The number of allylic oxidation sites excluding steroid dienone is 6. The minimum Gasteiger partial charge on any atom is -0.462 e. The number of ether oxygens (including phenoxy) is 3. The van der Waals surface area contributed by atoms with Gasteiger partial charge in [-0.05, 0) is 51.4 Å². The first-order valence-corrected chi connectivity index (χ1v) is 28.0. The van der Waals surface area contributed by atoms with Gasteiger partial charge < -0.3 is 14.2 Å². The van der Waals surface area contributed by atoms with E-state index in [1.165, 1.54) is 161 Å². The van der Waals surface area contributed by atoms with Crippen molar-refractivity contribution >= 4 is 17.9 Å². The number of carbonyl (C=O) groups excluding carboxylic acids is 3. The average Bonchev–Trinajstić information content (AvgIpc) is 3.29. The van der Waals surface area contributed by atoms with Crippen LogP contribution in [-0.4, -0.2) is 37.2 Å². The molecule has 0 aliphatic carbocycles. The molecule has 0 amide bonds. The van der Waals surface area contributed by atoms with Gasteiger partial charge in [0.2, 0.25) is 0 Å². The molecule has 0 heterocycles. The van der Waals surface area contributed by atoms with E-state index in [1.54, 1.807) is 0 Å². The molecule has 1 atom stereocenters. The van der Waals surface area contributed by atoms with Crippen molar-refractivity contribution in [3.63, 3.8) is 0 Å². The van der Waals surface area contributed by atoms with Crippen molar-refractivity contribution in [2.75, 3.05) is 13.2 Å². The quantitative estimate of drug-likeness (QED) is 0.0262. The van der Waals surface area contributed by atoms with Crippen LogP contribution in [0.5, 0.6) is 0 Å². The summed E-state index contributed by atoms with van der Waals surface area (Å²) in [5.74, 6) is -0.880. The predicted octanol–water partition coefficient (Wildman–Crippen LogP) is 18.5. The minimum atomic E-state index is -0.775. The highest BCUT2D eigenvalue weighted by Crippen LogP contribution is 2.17. The molecule has 0 radical (unpaired) electrons. The van der Waals surface area contributed by atoms with Crippen molar-refractivity contribution < 1.29 is 28.6 Å². The molecule has 0 aromatic carbocycles. The fourth-order valence-corrected chi connectivity index (χ4v) is 8.22. The van der Waals surface area contributed by atoms with E-state index < -0.39 is 6.10 Å². The minimum absolute atomic E-state index is 0.0750. The van der Waals surface area contributed by atoms with Gasteiger partial charge in [0.15, 0.2) is 6.10 Å². The molecular weight excluding hydrogens is 793 g/mol. The monoisotopic (exact) mass is 899 g/mol. The summed E-state index contributed by atoms with van der Waals surface area (Å²) in [4.78, 5) is 38.0. The molecule has 64 heavy (non-hydrogen) atoms. The van der Waals surface area contributed by atoms with Gasteiger partial charge in [-0.1, -0.05) is 263 Å². The molecule has 0 saturated carbocycles. The van der Waals surface area contributed by atoms with Gasteiger partial charge in [0.1, 0.15) is 13.2 Å². The Kier molecular flexibility index (Phi) is 51.3. The van der Waals surface area contributed by atoms with Crippen LogP contribution in [0.4, 0.5) is 0 Å². The van der Waals surface area contributed by atoms with Crippen LogP contribution in [0.2, 0.25) is 0 Å². The molecule has 0 aromatic rings. The topological polar surface area (TPSA) is 78.9 Å². The zero-order chi connectivity index (χ0) is 46.5. The van der Waals surface area contributed by atoms with E-state index in [2.05, 4.69) is 57.2 Å². The average molecular weight is 899 g/mol. The zero-order valence-electron chi connectivity index (χ0n) is 42.8. The van der Waals surface area contributed by atoms with Crippen LogP contribution in [0.1, 0.15) is 297 Å². The van der Waals surface area contributed by atoms with Gasteiger partial charge in [-0.15, -0.1) is 0 Å². The Bertz CT molecular complexity index is 1080. The van der Waals surface area contributed by atoms with E-state index in [-0.39, 0.29) is 31.1 Å². The third kappa shape index (κ3) is 50.6. The Morgan fingerprint density at radius 1 is 0.328 bits per heavy atom. The highest BCUT2D eigenvalue weighted by atomic mass is 16.6. The number of hydrogen-bond acceptors (Lipinski definition) is 6. The summed E-state index contributed by atoms with van der Waals surface area (Å²) in [7, 11) is 0. The number of rotatable bonds is 51. The van der Waals surface area contributed by atoms with E-state index in [0.29, 0.717) is 19.3 Å². The number of carbonyl (C=O) groups is 3. The van der Waals surface area contributed by atoms with Crippen molar-refractivity contribution in [2.24, 2.45) is 0 Å². The summed E-state index contributed by atoms with van der Waals surface area (Å²) in [5.41, 5.74) is 0. The van der Waals surface area contributed by atoms with Crippen LogP contribution in [0.25, 0.3) is 0 Å². The van der Waals surface area contributed by atoms with Gasteiger partial charge in [-0.25, -0.2) is 0 Å². The Morgan fingerprint density at radius 2 is 0.609 bits per heavy atom. The maximum Gasteiger partial charge on any atom is 0.306 e. The lowest BCUT2D eigenvalue weighted by Gasteiger charge is -2.18. The molecule has 0 bridgehead atoms. The SMILES string of the molecule is CC/C=C\C/C=C\C/C=C\CCCCCCCC(=O)OC(COC(=O)CCCCCCCCCCC)COC(=O)CCCCCCCCCCCCCCCCCCCCCCCC. The molecule has 0 spiro atoms. The second-order valence-electron chi connectivity index (χ2n) is 18.8. The molecule has 0 rings (SSSR count). The first kappa shape index (κ1) is 61.6. The van der Waals surface area contributed by atoms with Crippen molar-refractivity contribution in [1.29, 1.82) is 0 Å². The Balaban J connectivity index is 4.21. The van der Waals surface area contributed by atoms with Gasteiger partial charge in [-0.3, -0.25) is 14.4 Å². The van der Waals surface area contributed by atoms with Crippen molar-refractivity contribution in [3.05, 3.63) is 36.5 Å². The second kappa shape index (κ2) is 53.2. The van der Waals surface area contributed by atoms with Crippen LogP contribution in [0.15, 0.2) is 36.5 Å². The standard InChI is InChI=1S/C58H106O6/c1-4-7-10-13-16-19-21-23-25-26-27-28-29-30-31-33-34-36-39-42-45-48-51-57(60)63-54-55(53-62-56(59)50-47-44-41-38-18-15-12-9-6-3)64-58(61)52-49-46-43-40-37-35-32-24-22-20-17-14-11-8-5-2/h8,11,17,20,24,32,55H,4-7,9-10,12-16,18-19,21-23,25-31,33-54H2,1-3H3/b11-8-,20-17-,32-24-. The summed E-state index contributed by atoms with van der Waals surface area (Å²) in [6, 6.07) is 0. The fraction of sp³-hybridized carbons (Fsp3) is 0.845. The van der Waals surface area contributed by atoms with Crippen molar-refractivity contribution in [3.8, 4) is 0 Å². The molecule has 0 N–H and O–H groups in total. The van der Waals surface area contributed by atoms with Crippen LogP contribution in [-0.2, 0) is 28.6 Å². The lowest BCUT2D eigenvalue weighted by Crippen LogP contribution is -2.30. The Morgan fingerprint density at radius 3 is 0.953 bits per heavy atom. The first-order valence-electron chi connectivity index (χ1n) is 28.0. The lowest BCUT2D eigenvalue weighted by molar-refractivity contribution is -0.167. The predicted molar refractivity (Wildman–Crippen MR) is 275 cm³/mol. The van der Waals surface area contributed by atoms with Gasteiger partial charge in [0, 0.05) is 19.3 Å². The van der Waals surface area contributed by atoms with E-state index in [1.807, 2.05) is 0 Å². The zero-order valence-corrected chi connectivity index (χ0v) is 42.8. The van der Waals surface area contributed by atoms with E-state index >= 15 is 0 Å². The largest absolute Gasteiger partial charge is 0.462 e. The third-order valence-corrected chi connectivity index (χ3v) is 12.4. The molecule has 0 aliphatic heterocycles. The van der Waals surface area contributed by atoms with E-state index in [9.17, 15) is 14.4 Å². The molecule has 374 valence electrons. The summed E-state index contributed by atoms with van der Waals surface area (Å²) < 4.78 is 16.8. The maximum absolute atomic E-state index is 12.8. The summed E-state index contributed by atoms with van der Waals surface area (Å²) in [6.07, 6.45) is 62.9. The van der Waals surface area contributed by atoms with Crippen molar-refractivity contribution in [2.45, 2.75) is 303 Å². The van der Waals surface area contributed by atoms with E-state index in [4.69, 9.17) is 14.2 Å². The number of hydrogen-bond donors (Lipinski definition) is 0. The third-order valence-electron chi connectivity index (χ3n) is 12.4. The van der Waals surface area contributed by atoms with Gasteiger partial charge in [0.25, 0.3) is 0 Å². The first-order chi connectivity index (χ1) is 31.5.